The van der Waals surface area contributed by atoms with Gasteiger partial charge in [0.25, 0.3) is 5.91 Å². The summed E-state index contributed by atoms with van der Waals surface area (Å²) in [5, 5.41) is 2.68. The maximum Gasteiger partial charge on any atom is 0.338 e. The molecule has 0 spiro atoms. The topological polar surface area (TPSA) is 92.8 Å². The molecule has 166 valence electrons. The lowest BCUT2D eigenvalue weighted by Crippen LogP contribution is -2.32. The number of ether oxygens (including phenoxy) is 1. The van der Waals surface area contributed by atoms with Crippen molar-refractivity contribution >= 4 is 27.6 Å². The molecule has 1 N–H and O–H groups in total. The molecule has 31 heavy (non-hydrogen) atoms. The second-order valence-corrected chi connectivity index (χ2v) is 9.71. The number of rotatable bonds is 6. The highest BCUT2D eigenvalue weighted by molar-refractivity contribution is 7.89. The molecule has 0 aliphatic carbocycles. The van der Waals surface area contributed by atoms with Crippen LogP contribution in [-0.4, -0.2) is 44.3 Å². The lowest BCUT2D eigenvalue weighted by molar-refractivity contribution is -0.119. The minimum Gasteiger partial charge on any atom is -0.452 e. The predicted octanol–water partition coefficient (Wildman–Crippen LogP) is 3.66. The molecular formula is C23H28N2O5S. The largest absolute Gasteiger partial charge is 0.452 e. The van der Waals surface area contributed by atoms with Gasteiger partial charge in [0, 0.05) is 18.8 Å². The fourth-order valence-electron chi connectivity index (χ4n) is 3.45. The molecule has 1 saturated heterocycles. The van der Waals surface area contributed by atoms with Gasteiger partial charge in [-0.05, 0) is 68.1 Å². The number of nitrogens with one attached hydrogen (secondary N) is 1. The van der Waals surface area contributed by atoms with Crippen molar-refractivity contribution in [2.24, 2.45) is 0 Å². The van der Waals surface area contributed by atoms with Gasteiger partial charge >= 0.3 is 5.97 Å². The molecule has 0 atom stereocenters. The van der Waals surface area contributed by atoms with E-state index in [1.54, 1.807) is 6.07 Å². The molecule has 7 nitrogen and oxygen atoms in total. The van der Waals surface area contributed by atoms with Crippen LogP contribution in [-0.2, 0) is 19.6 Å². The van der Waals surface area contributed by atoms with Gasteiger partial charge in [0.1, 0.15) is 0 Å². The van der Waals surface area contributed by atoms with Crippen LogP contribution in [0.3, 0.4) is 0 Å². The lowest BCUT2D eigenvalue weighted by Gasteiger charge is -2.20. The van der Waals surface area contributed by atoms with Crippen LogP contribution in [0.25, 0.3) is 0 Å². The van der Waals surface area contributed by atoms with E-state index in [4.69, 9.17) is 4.74 Å². The Labute approximate surface area is 183 Å². The minimum absolute atomic E-state index is 0.0587. The number of esters is 1. The van der Waals surface area contributed by atoms with E-state index in [1.165, 1.54) is 28.6 Å². The van der Waals surface area contributed by atoms with Crippen molar-refractivity contribution in [3.05, 3.63) is 59.2 Å². The van der Waals surface area contributed by atoms with Gasteiger partial charge in [0.05, 0.1) is 10.5 Å². The zero-order chi connectivity index (χ0) is 22.4. The number of amides is 1. The number of nitrogens with zero attached hydrogens (tertiary/aromatic N) is 1. The molecule has 2 aromatic rings. The summed E-state index contributed by atoms with van der Waals surface area (Å²) in [4.78, 5) is 24.6. The molecule has 0 aromatic heterocycles. The van der Waals surface area contributed by atoms with Crippen LogP contribution in [0.1, 0.15) is 47.2 Å². The van der Waals surface area contributed by atoms with Crippen LogP contribution in [0.2, 0.25) is 0 Å². The number of hydrogen-bond acceptors (Lipinski definition) is 5. The molecule has 8 heteroatoms. The molecule has 1 aliphatic rings. The molecule has 0 radical (unpaired) electrons. The van der Waals surface area contributed by atoms with Crippen LogP contribution in [0.5, 0.6) is 0 Å². The Kier molecular flexibility index (Phi) is 7.46. The summed E-state index contributed by atoms with van der Waals surface area (Å²) in [6.07, 6.45) is 3.69. The summed E-state index contributed by atoms with van der Waals surface area (Å²) < 4.78 is 32.5. The van der Waals surface area contributed by atoms with Gasteiger partial charge in [-0.25, -0.2) is 13.2 Å². The maximum absolute atomic E-state index is 12.9. The Morgan fingerprint density at radius 1 is 0.968 bits per heavy atom. The van der Waals surface area contributed by atoms with Gasteiger partial charge in [-0.1, -0.05) is 25.0 Å². The SMILES string of the molecule is Cc1ccc(NC(=O)COC(=O)c2cccc(S(=O)(=O)N3CCCCCC3)c2)cc1C. The molecule has 1 amide bonds. The summed E-state index contributed by atoms with van der Waals surface area (Å²) in [5.74, 6) is -1.21. The van der Waals surface area contributed by atoms with Crippen molar-refractivity contribution in [2.45, 2.75) is 44.4 Å². The molecule has 1 fully saturated rings. The summed E-state index contributed by atoms with van der Waals surface area (Å²) in [6, 6.07) is 11.3. The first-order valence-electron chi connectivity index (χ1n) is 10.4. The average Bonchev–Trinajstić information content (AvgIpc) is 3.05. The summed E-state index contributed by atoms with van der Waals surface area (Å²) in [5.41, 5.74) is 2.86. The number of aryl methyl sites for hydroxylation is 2. The van der Waals surface area contributed by atoms with E-state index < -0.39 is 28.5 Å². The smallest absolute Gasteiger partial charge is 0.338 e. The highest BCUT2D eigenvalue weighted by Crippen LogP contribution is 2.21. The summed E-state index contributed by atoms with van der Waals surface area (Å²) in [6.45, 7) is 4.42. The molecule has 0 unspecified atom stereocenters. The van der Waals surface area contributed by atoms with Crippen LogP contribution in [0, 0.1) is 13.8 Å². The fraction of sp³-hybridized carbons (Fsp3) is 0.391. The van der Waals surface area contributed by atoms with E-state index in [0.29, 0.717) is 18.8 Å². The minimum atomic E-state index is -3.67. The Morgan fingerprint density at radius 3 is 2.35 bits per heavy atom. The first-order chi connectivity index (χ1) is 14.8. The molecular weight excluding hydrogens is 416 g/mol. The predicted molar refractivity (Wildman–Crippen MR) is 118 cm³/mol. The Morgan fingerprint density at radius 2 is 1.68 bits per heavy atom. The van der Waals surface area contributed by atoms with Gasteiger partial charge in [0.15, 0.2) is 6.61 Å². The Balaban J connectivity index is 1.63. The number of anilines is 1. The van der Waals surface area contributed by atoms with E-state index in [0.717, 1.165) is 36.8 Å². The van der Waals surface area contributed by atoms with Crippen LogP contribution in [0.15, 0.2) is 47.4 Å². The van der Waals surface area contributed by atoms with Crippen LogP contribution >= 0.6 is 0 Å². The zero-order valence-electron chi connectivity index (χ0n) is 17.9. The highest BCUT2D eigenvalue weighted by Gasteiger charge is 2.26. The number of carbonyl (C=O) groups excluding carboxylic acids is 2. The third kappa shape index (κ3) is 5.92. The highest BCUT2D eigenvalue weighted by atomic mass is 32.2. The second kappa shape index (κ2) is 10.1. The number of carbonyl (C=O) groups is 2. The van der Waals surface area contributed by atoms with E-state index in [1.807, 2.05) is 26.0 Å². The van der Waals surface area contributed by atoms with Crippen molar-refractivity contribution in [1.82, 2.24) is 4.31 Å². The molecule has 1 heterocycles. The van der Waals surface area contributed by atoms with E-state index in [9.17, 15) is 18.0 Å². The van der Waals surface area contributed by atoms with Gasteiger partial charge in [0.2, 0.25) is 10.0 Å². The third-order valence-electron chi connectivity index (χ3n) is 5.40. The quantitative estimate of drug-likeness (QED) is 0.687. The zero-order valence-corrected chi connectivity index (χ0v) is 18.7. The van der Waals surface area contributed by atoms with Gasteiger partial charge in [-0.2, -0.15) is 4.31 Å². The van der Waals surface area contributed by atoms with Crippen molar-refractivity contribution in [3.8, 4) is 0 Å². The number of hydrogen-bond donors (Lipinski definition) is 1. The third-order valence-corrected chi connectivity index (χ3v) is 7.29. The molecule has 1 aliphatic heterocycles. The average molecular weight is 445 g/mol. The van der Waals surface area contributed by atoms with E-state index in [2.05, 4.69) is 5.32 Å². The van der Waals surface area contributed by atoms with Gasteiger partial charge < -0.3 is 10.1 Å². The van der Waals surface area contributed by atoms with Crippen molar-refractivity contribution < 1.29 is 22.7 Å². The van der Waals surface area contributed by atoms with Crippen molar-refractivity contribution in [1.29, 1.82) is 0 Å². The van der Waals surface area contributed by atoms with Crippen molar-refractivity contribution in [2.75, 3.05) is 25.0 Å². The van der Waals surface area contributed by atoms with Gasteiger partial charge in [-0.15, -0.1) is 0 Å². The van der Waals surface area contributed by atoms with E-state index in [-0.39, 0.29) is 10.5 Å². The standard InChI is InChI=1S/C23H28N2O5S/c1-17-10-11-20(14-18(17)2)24-22(26)16-30-23(27)19-8-7-9-21(15-19)31(28,29)25-12-5-3-4-6-13-25/h7-11,14-15H,3-6,12-13,16H2,1-2H3,(H,24,26). The first kappa shape index (κ1) is 23.0. The molecule has 2 aromatic carbocycles. The molecule has 3 rings (SSSR count). The van der Waals surface area contributed by atoms with Crippen LogP contribution in [0.4, 0.5) is 5.69 Å². The number of sulfonamides is 1. The lowest BCUT2D eigenvalue weighted by atomic mass is 10.1. The fourth-order valence-corrected chi connectivity index (χ4v) is 5.01. The maximum atomic E-state index is 12.9. The van der Waals surface area contributed by atoms with Crippen LogP contribution < -0.4 is 5.32 Å². The monoisotopic (exact) mass is 444 g/mol. The second-order valence-electron chi connectivity index (χ2n) is 7.77. The molecule has 0 bridgehead atoms. The number of benzene rings is 2. The van der Waals surface area contributed by atoms with E-state index >= 15 is 0 Å². The molecule has 0 saturated carbocycles. The normalized spacial score (nSPS) is 15.2. The summed E-state index contributed by atoms with van der Waals surface area (Å²) in [7, 11) is -3.67. The Bertz CT molecular complexity index is 1060. The summed E-state index contributed by atoms with van der Waals surface area (Å²) >= 11 is 0. The Hall–Kier alpha value is -2.71. The van der Waals surface area contributed by atoms with Crippen molar-refractivity contribution in [3.63, 3.8) is 0 Å². The van der Waals surface area contributed by atoms with Gasteiger partial charge in [-0.3, -0.25) is 4.79 Å². The first-order valence-corrected chi connectivity index (χ1v) is 11.9.